The van der Waals surface area contributed by atoms with Crippen LogP contribution in [0.5, 0.6) is 0 Å². The van der Waals surface area contributed by atoms with Crippen molar-refractivity contribution in [2.24, 2.45) is 5.92 Å². The summed E-state index contributed by atoms with van der Waals surface area (Å²) in [5, 5.41) is 0. The van der Waals surface area contributed by atoms with E-state index in [9.17, 15) is 9.18 Å². The molecule has 0 radical (unpaired) electrons. The molecule has 0 saturated heterocycles. The smallest absolute Gasteiger partial charge is 0.341 e. The highest BCUT2D eigenvalue weighted by Gasteiger charge is 2.15. The molecule has 0 spiro atoms. The van der Waals surface area contributed by atoms with E-state index in [0.717, 1.165) is 31.9 Å². The summed E-state index contributed by atoms with van der Waals surface area (Å²) in [5.41, 5.74) is -0.0460. The zero-order valence-electron chi connectivity index (χ0n) is 11.0. The summed E-state index contributed by atoms with van der Waals surface area (Å²) < 4.78 is 18.4. The van der Waals surface area contributed by atoms with Crippen LogP contribution >= 0.6 is 0 Å². The summed E-state index contributed by atoms with van der Waals surface area (Å²) in [7, 11) is 0. The Morgan fingerprint density at radius 2 is 2.28 bits per heavy atom. The first kappa shape index (κ1) is 14.6. The van der Waals surface area contributed by atoms with Crippen molar-refractivity contribution in [1.29, 1.82) is 0 Å². The van der Waals surface area contributed by atoms with Gasteiger partial charge in [0.25, 0.3) is 0 Å². The van der Waals surface area contributed by atoms with Crippen molar-refractivity contribution in [3.05, 3.63) is 29.8 Å². The lowest BCUT2D eigenvalue weighted by atomic mass is 10.0. The number of nitrogens with zero attached hydrogens (tertiary/aromatic N) is 1. The van der Waals surface area contributed by atoms with Crippen LogP contribution in [-0.4, -0.2) is 17.6 Å². The van der Waals surface area contributed by atoms with Gasteiger partial charge in [-0.25, -0.2) is 9.18 Å². The van der Waals surface area contributed by atoms with Crippen LogP contribution in [-0.2, 0) is 4.74 Å². The van der Waals surface area contributed by atoms with Crippen molar-refractivity contribution in [2.45, 2.75) is 39.5 Å². The molecule has 0 amide bonds. The summed E-state index contributed by atoms with van der Waals surface area (Å²) in [6.45, 7) is 4.56. The molecule has 18 heavy (non-hydrogen) atoms. The zero-order chi connectivity index (χ0) is 13.4. The topological polar surface area (TPSA) is 39.2 Å². The van der Waals surface area contributed by atoms with E-state index in [2.05, 4.69) is 18.8 Å². The van der Waals surface area contributed by atoms with E-state index < -0.39 is 11.8 Å². The average Bonchev–Trinajstić information content (AvgIpc) is 2.39. The van der Waals surface area contributed by atoms with Gasteiger partial charge in [0.2, 0.25) is 0 Å². The van der Waals surface area contributed by atoms with Crippen LogP contribution in [0, 0.1) is 11.7 Å². The predicted octanol–water partition coefficient (Wildman–Crippen LogP) is 3.59. The summed E-state index contributed by atoms with van der Waals surface area (Å²) in [5.74, 6) is -0.882. The number of ether oxygens (including phenoxy) is 1. The predicted molar refractivity (Wildman–Crippen MR) is 67.8 cm³/mol. The van der Waals surface area contributed by atoms with E-state index in [1.165, 1.54) is 12.3 Å². The number of unbranched alkanes of at least 4 members (excludes halogenated alkanes) is 1. The summed E-state index contributed by atoms with van der Waals surface area (Å²) in [4.78, 5) is 15.3. The van der Waals surface area contributed by atoms with Crippen LogP contribution in [0.4, 0.5) is 4.39 Å². The largest absolute Gasteiger partial charge is 0.462 e. The maximum Gasteiger partial charge on any atom is 0.341 e. The van der Waals surface area contributed by atoms with Gasteiger partial charge in [-0.15, -0.1) is 0 Å². The van der Waals surface area contributed by atoms with Gasteiger partial charge in [-0.2, -0.15) is 0 Å². The normalized spacial score (nSPS) is 12.2. The third-order valence-corrected chi connectivity index (χ3v) is 2.99. The second kappa shape index (κ2) is 7.80. The number of hydrogen-bond acceptors (Lipinski definition) is 3. The van der Waals surface area contributed by atoms with E-state index in [-0.39, 0.29) is 5.56 Å². The van der Waals surface area contributed by atoms with Crippen molar-refractivity contribution in [3.63, 3.8) is 0 Å². The Morgan fingerprint density at radius 1 is 1.50 bits per heavy atom. The molecule has 0 aliphatic rings. The van der Waals surface area contributed by atoms with Crippen molar-refractivity contribution in [2.75, 3.05) is 6.61 Å². The Labute approximate surface area is 107 Å². The lowest BCUT2D eigenvalue weighted by molar-refractivity contribution is 0.0422. The highest BCUT2D eigenvalue weighted by Crippen LogP contribution is 2.14. The fourth-order valence-corrected chi connectivity index (χ4v) is 1.71. The number of rotatable bonds is 7. The SMILES string of the molecule is CCCCC(CC)COC(=O)c1ccncc1F. The molecule has 3 nitrogen and oxygen atoms in total. The third-order valence-electron chi connectivity index (χ3n) is 2.99. The second-order valence-electron chi connectivity index (χ2n) is 4.37. The summed E-state index contributed by atoms with van der Waals surface area (Å²) in [6, 6.07) is 1.34. The first-order valence-electron chi connectivity index (χ1n) is 6.45. The van der Waals surface area contributed by atoms with Crippen molar-refractivity contribution >= 4 is 5.97 Å². The van der Waals surface area contributed by atoms with Gasteiger partial charge >= 0.3 is 5.97 Å². The molecule has 0 aliphatic carbocycles. The van der Waals surface area contributed by atoms with Crippen molar-refractivity contribution < 1.29 is 13.9 Å². The van der Waals surface area contributed by atoms with E-state index in [0.29, 0.717) is 12.5 Å². The van der Waals surface area contributed by atoms with Gasteiger partial charge in [0.1, 0.15) is 0 Å². The number of esters is 1. The van der Waals surface area contributed by atoms with Crippen LogP contribution < -0.4 is 0 Å². The number of halogens is 1. The lowest BCUT2D eigenvalue weighted by Crippen LogP contribution is -2.15. The first-order valence-corrected chi connectivity index (χ1v) is 6.45. The van der Waals surface area contributed by atoms with Crippen LogP contribution in [0.25, 0.3) is 0 Å². The Kier molecular flexibility index (Phi) is 6.33. The molecule has 1 aromatic rings. The van der Waals surface area contributed by atoms with Gasteiger partial charge < -0.3 is 4.74 Å². The van der Waals surface area contributed by atoms with Gasteiger partial charge in [-0.1, -0.05) is 33.1 Å². The van der Waals surface area contributed by atoms with Crippen LogP contribution in [0.1, 0.15) is 49.9 Å². The summed E-state index contributed by atoms with van der Waals surface area (Å²) in [6.07, 6.45) is 6.66. The quantitative estimate of drug-likeness (QED) is 0.697. The maximum atomic E-state index is 13.3. The first-order chi connectivity index (χ1) is 8.69. The molecule has 0 saturated carbocycles. The van der Waals surface area contributed by atoms with Crippen LogP contribution in [0.2, 0.25) is 0 Å². The molecule has 0 fully saturated rings. The third kappa shape index (κ3) is 4.43. The minimum absolute atomic E-state index is 0.0460. The molecule has 0 aromatic carbocycles. The van der Waals surface area contributed by atoms with Gasteiger partial charge in [0, 0.05) is 6.20 Å². The van der Waals surface area contributed by atoms with E-state index in [4.69, 9.17) is 4.74 Å². The molecule has 1 rings (SSSR count). The Morgan fingerprint density at radius 3 is 2.89 bits per heavy atom. The highest BCUT2D eigenvalue weighted by molar-refractivity contribution is 5.89. The molecule has 100 valence electrons. The average molecular weight is 253 g/mol. The molecule has 0 bridgehead atoms. The second-order valence-corrected chi connectivity index (χ2v) is 4.37. The number of aromatic nitrogens is 1. The number of carbonyl (C=O) groups excluding carboxylic acids is 1. The minimum atomic E-state index is -0.635. The van der Waals surface area contributed by atoms with Gasteiger partial charge in [-0.3, -0.25) is 4.98 Å². The molecular weight excluding hydrogens is 233 g/mol. The molecule has 1 heterocycles. The maximum absolute atomic E-state index is 13.3. The molecule has 1 atom stereocenters. The molecule has 4 heteroatoms. The molecule has 0 aliphatic heterocycles. The standard InChI is InChI=1S/C14H20FNO2/c1-3-5-6-11(4-2)10-18-14(17)12-7-8-16-9-13(12)15/h7-9,11H,3-6,10H2,1-2H3. The fourth-order valence-electron chi connectivity index (χ4n) is 1.71. The number of carbonyl (C=O) groups is 1. The molecule has 1 aromatic heterocycles. The number of pyridine rings is 1. The van der Waals surface area contributed by atoms with E-state index in [1.54, 1.807) is 0 Å². The van der Waals surface area contributed by atoms with Crippen LogP contribution in [0.15, 0.2) is 18.5 Å². The lowest BCUT2D eigenvalue weighted by Gasteiger charge is -2.14. The Balaban J connectivity index is 2.47. The highest BCUT2D eigenvalue weighted by atomic mass is 19.1. The van der Waals surface area contributed by atoms with Gasteiger partial charge in [0.05, 0.1) is 18.4 Å². The van der Waals surface area contributed by atoms with Crippen LogP contribution in [0.3, 0.4) is 0 Å². The minimum Gasteiger partial charge on any atom is -0.462 e. The zero-order valence-corrected chi connectivity index (χ0v) is 11.0. The monoisotopic (exact) mass is 253 g/mol. The molecule has 1 unspecified atom stereocenters. The van der Waals surface area contributed by atoms with Gasteiger partial charge in [0.15, 0.2) is 5.82 Å². The van der Waals surface area contributed by atoms with E-state index >= 15 is 0 Å². The molecular formula is C14H20FNO2. The van der Waals surface area contributed by atoms with Crippen molar-refractivity contribution in [1.82, 2.24) is 4.98 Å². The Bertz CT molecular complexity index is 382. The van der Waals surface area contributed by atoms with E-state index in [1.807, 2.05) is 0 Å². The van der Waals surface area contributed by atoms with Gasteiger partial charge in [-0.05, 0) is 18.4 Å². The number of hydrogen-bond donors (Lipinski definition) is 0. The molecule has 0 N–H and O–H groups in total. The fraction of sp³-hybridized carbons (Fsp3) is 0.571. The Hall–Kier alpha value is -1.45. The van der Waals surface area contributed by atoms with Crippen molar-refractivity contribution in [3.8, 4) is 0 Å². The summed E-state index contributed by atoms with van der Waals surface area (Å²) >= 11 is 0.